The van der Waals surface area contributed by atoms with Gasteiger partial charge in [0.2, 0.25) is 0 Å². The predicted octanol–water partition coefficient (Wildman–Crippen LogP) is 3.29. The number of para-hydroxylation sites is 1. The zero-order chi connectivity index (χ0) is 20.0. The van der Waals surface area contributed by atoms with Crippen LogP contribution in [0.25, 0.3) is 10.9 Å². The molecule has 0 N–H and O–H groups in total. The normalized spacial score (nSPS) is 23.5. The number of hydrogen-bond acceptors (Lipinski definition) is 3. The molecule has 2 aromatic rings. The van der Waals surface area contributed by atoms with E-state index in [2.05, 4.69) is 15.9 Å². The van der Waals surface area contributed by atoms with Crippen LogP contribution in [0.3, 0.4) is 0 Å². The standard InChI is InChI=1S/C17H15BrF3NO3SSe/c1-16(9-11(25-2)7-8-15(16)18)26(23,24)22-10-14(27-17(19,20)21)12-5-3-4-6-13(12)22/h3-10,15H,1-2H3. The van der Waals surface area contributed by atoms with Gasteiger partial charge in [-0.15, -0.1) is 0 Å². The van der Waals surface area contributed by atoms with E-state index in [0.717, 1.165) is 10.2 Å². The molecule has 2 unspecified atom stereocenters. The Morgan fingerprint density at radius 3 is 2.59 bits per heavy atom. The quantitative estimate of drug-likeness (QED) is 0.452. The molecular weight excluding hydrogens is 514 g/mol. The third-order valence-electron chi connectivity index (χ3n) is 4.32. The molecule has 0 amide bonds. The van der Waals surface area contributed by atoms with E-state index in [1.54, 1.807) is 24.3 Å². The van der Waals surface area contributed by atoms with E-state index in [4.69, 9.17) is 4.74 Å². The first-order valence-corrected chi connectivity index (χ1v) is 11.8. The Morgan fingerprint density at radius 1 is 1.30 bits per heavy atom. The van der Waals surface area contributed by atoms with E-state index in [-0.39, 0.29) is 15.4 Å². The second kappa shape index (κ2) is 6.99. The molecule has 0 fully saturated rings. The van der Waals surface area contributed by atoms with Crippen molar-refractivity contribution in [2.45, 2.75) is 21.6 Å². The monoisotopic (exact) mass is 529 g/mol. The Kier molecular flexibility index (Phi) is 5.31. The average Bonchev–Trinajstić information content (AvgIpc) is 2.95. The number of rotatable bonds is 4. The molecule has 0 radical (unpaired) electrons. The summed E-state index contributed by atoms with van der Waals surface area (Å²) in [6.45, 7) is 1.51. The molecule has 146 valence electrons. The molecule has 4 nitrogen and oxygen atoms in total. The Balaban J connectivity index is 2.22. The van der Waals surface area contributed by atoms with Gasteiger partial charge < -0.3 is 0 Å². The molecule has 10 heteroatoms. The van der Waals surface area contributed by atoms with Crippen molar-refractivity contribution in [1.29, 1.82) is 0 Å². The van der Waals surface area contributed by atoms with Crippen LogP contribution in [-0.2, 0) is 14.8 Å². The third-order valence-corrected chi connectivity index (χ3v) is 9.82. The fraction of sp³-hybridized carbons (Fsp3) is 0.294. The van der Waals surface area contributed by atoms with Gasteiger partial charge in [-0.05, 0) is 0 Å². The summed E-state index contributed by atoms with van der Waals surface area (Å²) < 4.78 is 70.6. The number of alkyl halides is 4. The van der Waals surface area contributed by atoms with Gasteiger partial charge in [0.05, 0.1) is 0 Å². The van der Waals surface area contributed by atoms with Crippen molar-refractivity contribution in [3.05, 3.63) is 54.4 Å². The SMILES string of the molecule is COC1=CC(C)(S(=O)(=O)n2cc([Se]C(F)(F)F)c3ccccc32)C(Br)C=C1. The number of nitrogens with zero attached hydrogens (tertiary/aromatic N) is 1. The van der Waals surface area contributed by atoms with E-state index in [0.29, 0.717) is 5.76 Å². The van der Waals surface area contributed by atoms with E-state index in [1.807, 2.05) is 0 Å². The van der Waals surface area contributed by atoms with Crippen molar-refractivity contribution in [2.75, 3.05) is 7.11 Å². The molecule has 3 rings (SSSR count). The topological polar surface area (TPSA) is 48.3 Å². The average molecular weight is 529 g/mol. The number of halogens is 4. The van der Waals surface area contributed by atoms with E-state index >= 15 is 0 Å². The Bertz CT molecular complexity index is 1050. The van der Waals surface area contributed by atoms with Gasteiger partial charge in [0.1, 0.15) is 0 Å². The summed E-state index contributed by atoms with van der Waals surface area (Å²) >= 11 is 1.51. The van der Waals surface area contributed by atoms with Crippen molar-refractivity contribution in [3.8, 4) is 0 Å². The van der Waals surface area contributed by atoms with Crippen LogP contribution in [0, 0.1) is 0 Å². The van der Waals surface area contributed by atoms with Crippen molar-refractivity contribution < 1.29 is 26.3 Å². The summed E-state index contributed by atoms with van der Waals surface area (Å²) in [5.74, 6) is 0.368. The summed E-state index contributed by atoms with van der Waals surface area (Å²) in [6.07, 6.45) is 5.84. The molecule has 27 heavy (non-hydrogen) atoms. The molecule has 0 saturated heterocycles. The van der Waals surface area contributed by atoms with Gasteiger partial charge in [-0.1, -0.05) is 0 Å². The Hall–Kier alpha value is -1.22. The van der Waals surface area contributed by atoms with Crippen LogP contribution < -0.4 is 4.46 Å². The fourth-order valence-electron chi connectivity index (χ4n) is 2.86. The molecule has 0 saturated carbocycles. The molecule has 1 heterocycles. The summed E-state index contributed by atoms with van der Waals surface area (Å²) in [4.78, 5) is -0.577. The van der Waals surface area contributed by atoms with Crippen molar-refractivity contribution in [1.82, 2.24) is 3.97 Å². The predicted molar refractivity (Wildman–Crippen MR) is 103 cm³/mol. The number of benzene rings is 1. The maximum atomic E-state index is 13.5. The molecule has 1 aliphatic rings. The number of hydrogen-bond donors (Lipinski definition) is 0. The zero-order valence-electron chi connectivity index (χ0n) is 14.2. The number of allylic oxidation sites excluding steroid dienone is 2. The maximum absolute atomic E-state index is 13.5. The van der Waals surface area contributed by atoms with Gasteiger partial charge in [0, 0.05) is 0 Å². The molecule has 0 aliphatic heterocycles. The zero-order valence-corrected chi connectivity index (χ0v) is 18.3. The number of fused-ring (bicyclic) bond motifs is 1. The minimum atomic E-state index is -4.38. The van der Waals surface area contributed by atoms with Crippen LogP contribution in [0.15, 0.2) is 54.4 Å². The van der Waals surface area contributed by atoms with E-state index in [9.17, 15) is 21.6 Å². The van der Waals surface area contributed by atoms with Crippen LogP contribution in [-0.4, -0.2) is 49.1 Å². The van der Waals surface area contributed by atoms with Gasteiger partial charge in [-0.3, -0.25) is 0 Å². The van der Waals surface area contributed by atoms with Crippen LogP contribution in [0.4, 0.5) is 13.2 Å². The summed E-state index contributed by atoms with van der Waals surface area (Å²) in [5.41, 5.74) is 0.224. The first-order chi connectivity index (χ1) is 12.5. The summed E-state index contributed by atoms with van der Waals surface area (Å²) in [6, 6.07) is 6.21. The van der Waals surface area contributed by atoms with Crippen LogP contribution >= 0.6 is 15.9 Å². The Labute approximate surface area is 169 Å². The number of ether oxygens (including phenoxy) is 1. The van der Waals surface area contributed by atoms with Crippen LogP contribution in [0.5, 0.6) is 0 Å². The van der Waals surface area contributed by atoms with Gasteiger partial charge in [0.25, 0.3) is 0 Å². The van der Waals surface area contributed by atoms with E-state index < -0.39 is 39.6 Å². The van der Waals surface area contributed by atoms with Gasteiger partial charge >= 0.3 is 170 Å². The first-order valence-electron chi connectivity index (χ1n) is 7.70. The van der Waals surface area contributed by atoms with Crippen molar-refractivity contribution >= 4 is 56.3 Å². The molecule has 1 aliphatic carbocycles. The first kappa shape index (κ1) is 20.5. The van der Waals surface area contributed by atoms with Crippen molar-refractivity contribution in [2.24, 2.45) is 0 Å². The molecule has 1 aromatic heterocycles. The fourth-order valence-corrected chi connectivity index (χ4v) is 7.17. The van der Waals surface area contributed by atoms with Gasteiger partial charge in [-0.25, -0.2) is 0 Å². The van der Waals surface area contributed by atoms with Gasteiger partial charge in [-0.2, -0.15) is 0 Å². The molecule has 0 bridgehead atoms. The molecule has 2 atom stereocenters. The molecule has 0 spiro atoms. The Morgan fingerprint density at radius 2 is 1.96 bits per heavy atom. The van der Waals surface area contributed by atoms with Gasteiger partial charge in [0.15, 0.2) is 0 Å². The van der Waals surface area contributed by atoms with Crippen LogP contribution in [0.2, 0.25) is 0 Å². The number of aromatic nitrogens is 1. The minimum absolute atomic E-state index is 0.0220. The van der Waals surface area contributed by atoms with Crippen molar-refractivity contribution in [3.63, 3.8) is 0 Å². The summed E-state index contributed by atoms with van der Waals surface area (Å²) in [7, 11) is -2.69. The van der Waals surface area contributed by atoms with Crippen LogP contribution in [0.1, 0.15) is 6.92 Å². The second-order valence-corrected chi connectivity index (χ2v) is 11.6. The second-order valence-electron chi connectivity index (χ2n) is 6.05. The molecule has 1 aromatic carbocycles. The summed E-state index contributed by atoms with van der Waals surface area (Å²) in [5, 5.41) is -4.10. The molecular formula is C17H15BrF3NO3SSe. The number of methoxy groups -OCH3 is 1. The third kappa shape index (κ3) is 3.60. The van der Waals surface area contributed by atoms with E-state index in [1.165, 1.54) is 32.2 Å².